The maximum Gasteiger partial charge on any atom is 0.290 e. The number of rotatable bonds is 5. The van der Waals surface area contributed by atoms with Gasteiger partial charge in [0, 0.05) is 56.6 Å². The minimum Gasteiger partial charge on any atom is -0.483 e. The first kappa shape index (κ1) is 21.7. The highest BCUT2D eigenvalue weighted by Gasteiger charge is 2.55. The molecule has 0 saturated carbocycles. The van der Waals surface area contributed by atoms with E-state index in [4.69, 9.17) is 9.90 Å². The van der Waals surface area contributed by atoms with Crippen molar-refractivity contribution in [3.05, 3.63) is 35.9 Å². The number of nitrogens with zero attached hydrogens (tertiary/aromatic N) is 2. The van der Waals surface area contributed by atoms with Gasteiger partial charge >= 0.3 is 0 Å². The topological polar surface area (TPSA) is 119 Å². The monoisotopic (exact) mass is 424 g/mol. The normalized spacial score (nSPS) is 32.6. The largest absolute Gasteiger partial charge is 0.483 e. The molecule has 10 heteroatoms. The second kappa shape index (κ2) is 8.78. The molecular formula is C19H28N4O5S. The molecule has 0 radical (unpaired) electrons. The molecule has 0 aromatic heterocycles. The van der Waals surface area contributed by atoms with Crippen molar-refractivity contribution in [3.63, 3.8) is 0 Å². The zero-order valence-electron chi connectivity index (χ0n) is 16.5. The summed E-state index contributed by atoms with van der Waals surface area (Å²) in [7, 11) is -3.38. The summed E-state index contributed by atoms with van der Waals surface area (Å²) in [5, 5.41) is 10.1. The van der Waals surface area contributed by atoms with E-state index in [1.807, 2.05) is 6.07 Å². The zero-order chi connectivity index (χ0) is 21.1. The predicted octanol–water partition coefficient (Wildman–Crippen LogP) is -1.08. The number of amides is 1. The average Bonchev–Trinajstić information content (AvgIpc) is 2.92. The maximum atomic E-state index is 12.5. The lowest BCUT2D eigenvalue weighted by atomic mass is 9.64. The number of piperidine rings is 2. The third kappa shape index (κ3) is 4.95. The number of nitrogens with one attached hydrogen (secondary N) is 2. The van der Waals surface area contributed by atoms with Gasteiger partial charge in [-0.3, -0.25) is 9.59 Å². The first-order valence-electron chi connectivity index (χ1n) is 9.59. The second-order valence-electron chi connectivity index (χ2n) is 8.00. The summed E-state index contributed by atoms with van der Waals surface area (Å²) >= 11 is 0. The van der Waals surface area contributed by atoms with E-state index in [1.54, 1.807) is 0 Å². The van der Waals surface area contributed by atoms with E-state index in [1.165, 1.54) is 5.56 Å². The Kier molecular flexibility index (Phi) is 6.57. The van der Waals surface area contributed by atoms with Crippen molar-refractivity contribution >= 4 is 22.4 Å². The molecule has 1 aromatic carbocycles. The second-order valence-corrected chi connectivity index (χ2v) is 9.83. The Hall–Kier alpha value is -2.01. The highest BCUT2D eigenvalue weighted by molar-refractivity contribution is 7.88. The van der Waals surface area contributed by atoms with Crippen molar-refractivity contribution in [2.45, 2.75) is 11.5 Å². The van der Waals surface area contributed by atoms with Gasteiger partial charge in [0.15, 0.2) is 0 Å². The Balaban J connectivity index is 0.000000755. The Labute approximate surface area is 171 Å². The standard InChI is InChI=1S/C18H26N4O3S.CH2O2/c1-26(24,25)19-9-16(23)20-17-14-10-21-7-8-22(11-14)13-18(17,12-21)15-5-3-2-4-6-15;2-1-3/h2-6,14,17,19H,7-13H2,1H3,(H,20,23);1H,(H,2,3). The number of fused-ring (bicyclic) bond motifs is 1. The molecule has 4 saturated heterocycles. The quantitative estimate of drug-likeness (QED) is 0.515. The molecule has 9 nitrogen and oxygen atoms in total. The highest BCUT2D eigenvalue weighted by Crippen LogP contribution is 2.43. The van der Waals surface area contributed by atoms with Crippen LogP contribution in [0.15, 0.2) is 30.3 Å². The lowest BCUT2D eigenvalue weighted by molar-refractivity contribution is -0.124. The number of carbonyl (C=O) groups excluding carboxylic acids is 1. The molecule has 1 aromatic rings. The molecule has 4 fully saturated rings. The summed E-state index contributed by atoms with van der Waals surface area (Å²) in [4.78, 5) is 25.9. The fourth-order valence-corrected chi connectivity index (χ4v) is 5.38. The van der Waals surface area contributed by atoms with Gasteiger partial charge in [-0.15, -0.1) is 0 Å². The van der Waals surface area contributed by atoms with Crippen LogP contribution >= 0.6 is 0 Å². The number of carbonyl (C=O) groups is 2. The summed E-state index contributed by atoms with van der Waals surface area (Å²) in [6.45, 7) is 5.50. The Bertz CT molecular complexity index is 816. The first-order chi connectivity index (χ1) is 13.8. The molecule has 160 valence electrons. The third-order valence-electron chi connectivity index (χ3n) is 5.96. The number of sulfonamides is 1. The molecule has 4 aliphatic rings. The fraction of sp³-hybridized carbons (Fsp3) is 0.579. The average molecular weight is 425 g/mol. The maximum absolute atomic E-state index is 12.5. The van der Waals surface area contributed by atoms with E-state index < -0.39 is 10.0 Å². The van der Waals surface area contributed by atoms with Gasteiger partial charge in [-0.1, -0.05) is 30.3 Å². The summed E-state index contributed by atoms with van der Waals surface area (Å²) in [6.07, 6.45) is 1.07. The molecule has 3 unspecified atom stereocenters. The van der Waals surface area contributed by atoms with Crippen LogP contribution in [0.2, 0.25) is 0 Å². The first-order valence-corrected chi connectivity index (χ1v) is 11.5. The van der Waals surface area contributed by atoms with Crippen LogP contribution in [0.3, 0.4) is 0 Å². The smallest absolute Gasteiger partial charge is 0.290 e. The van der Waals surface area contributed by atoms with E-state index in [2.05, 4.69) is 44.1 Å². The van der Waals surface area contributed by atoms with Crippen molar-refractivity contribution in [2.24, 2.45) is 5.92 Å². The Morgan fingerprint density at radius 2 is 1.76 bits per heavy atom. The fourth-order valence-electron chi connectivity index (χ4n) is 4.99. The molecule has 1 amide bonds. The molecule has 4 bridgehead atoms. The highest BCUT2D eigenvalue weighted by atomic mass is 32.2. The van der Waals surface area contributed by atoms with Gasteiger partial charge in [0.05, 0.1) is 12.8 Å². The van der Waals surface area contributed by atoms with Crippen LogP contribution in [0.5, 0.6) is 0 Å². The molecule has 3 atom stereocenters. The lowest BCUT2D eigenvalue weighted by Crippen LogP contribution is -2.71. The summed E-state index contributed by atoms with van der Waals surface area (Å²) < 4.78 is 24.9. The lowest BCUT2D eigenvalue weighted by Gasteiger charge is -2.55. The van der Waals surface area contributed by atoms with Crippen LogP contribution in [-0.4, -0.2) is 93.8 Å². The van der Waals surface area contributed by atoms with E-state index in [0.717, 1.165) is 45.5 Å². The van der Waals surface area contributed by atoms with Crippen molar-refractivity contribution in [1.82, 2.24) is 19.8 Å². The number of hydrogen-bond donors (Lipinski definition) is 3. The van der Waals surface area contributed by atoms with E-state index in [0.29, 0.717) is 5.92 Å². The number of hydrogen-bond acceptors (Lipinski definition) is 6. The van der Waals surface area contributed by atoms with Crippen LogP contribution in [0, 0.1) is 5.92 Å². The van der Waals surface area contributed by atoms with Gasteiger partial charge < -0.3 is 20.2 Å². The van der Waals surface area contributed by atoms with E-state index in [-0.39, 0.29) is 30.4 Å². The van der Waals surface area contributed by atoms with Crippen molar-refractivity contribution < 1.29 is 23.1 Å². The van der Waals surface area contributed by atoms with Crippen LogP contribution in [0.25, 0.3) is 0 Å². The molecule has 4 heterocycles. The van der Waals surface area contributed by atoms with Crippen LogP contribution in [0.1, 0.15) is 5.56 Å². The minimum atomic E-state index is -3.38. The number of carboxylic acid groups (broad SMARTS) is 1. The zero-order valence-corrected chi connectivity index (χ0v) is 17.3. The van der Waals surface area contributed by atoms with Gasteiger partial charge in [-0.2, -0.15) is 0 Å². The van der Waals surface area contributed by atoms with Crippen LogP contribution in [0.4, 0.5) is 0 Å². The van der Waals surface area contributed by atoms with Crippen molar-refractivity contribution in [2.75, 3.05) is 52.1 Å². The van der Waals surface area contributed by atoms with Crippen LogP contribution < -0.4 is 10.0 Å². The SMILES string of the molecule is CS(=O)(=O)NCC(=O)NC1C2CN3CCN(C2)CC1(c1ccccc1)C3.O=CO. The molecular weight excluding hydrogens is 396 g/mol. The van der Waals surface area contributed by atoms with Gasteiger partial charge in [-0.25, -0.2) is 13.1 Å². The number of benzene rings is 1. The predicted molar refractivity (Wildman–Crippen MR) is 108 cm³/mol. The van der Waals surface area contributed by atoms with Crippen LogP contribution in [-0.2, 0) is 25.0 Å². The summed E-state index contributed by atoms with van der Waals surface area (Å²) in [5.74, 6) is 0.0919. The van der Waals surface area contributed by atoms with Gasteiger partial charge in [0.25, 0.3) is 6.47 Å². The summed E-state index contributed by atoms with van der Waals surface area (Å²) in [6, 6.07) is 10.5. The summed E-state index contributed by atoms with van der Waals surface area (Å²) in [5.41, 5.74) is 1.10. The molecule has 0 spiro atoms. The van der Waals surface area contributed by atoms with Gasteiger partial charge in [-0.05, 0) is 5.56 Å². The van der Waals surface area contributed by atoms with E-state index in [9.17, 15) is 13.2 Å². The minimum absolute atomic E-state index is 0.0179. The molecule has 4 aliphatic heterocycles. The Morgan fingerprint density at radius 3 is 2.28 bits per heavy atom. The van der Waals surface area contributed by atoms with Crippen molar-refractivity contribution in [1.29, 1.82) is 0 Å². The van der Waals surface area contributed by atoms with Gasteiger partial charge in [0.1, 0.15) is 0 Å². The van der Waals surface area contributed by atoms with Crippen molar-refractivity contribution in [3.8, 4) is 0 Å². The third-order valence-corrected chi connectivity index (χ3v) is 6.62. The Morgan fingerprint density at radius 1 is 1.21 bits per heavy atom. The van der Waals surface area contributed by atoms with Gasteiger partial charge in [0.2, 0.25) is 15.9 Å². The molecule has 29 heavy (non-hydrogen) atoms. The molecule has 5 rings (SSSR count). The van der Waals surface area contributed by atoms with E-state index >= 15 is 0 Å². The molecule has 0 aliphatic carbocycles. The molecule has 3 N–H and O–H groups in total.